The van der Waals surface area contributed by atoms with Gasteiger partial charge in [-0.2, -0.15) is 15.5 Å². The predicted octanol–water partition coefficient (Wildman–Crippen LogP) is 0.294. The molecular weight excluding hydrogens is 178 g/mol. The molecule has 0 heterocycles. The number of hydrogen-bond acceptors (Lipinski definition) is 5. The van der Waals surface area contributed by atoms with Crippen molar-refractivity contribution in [2.45, 2.75) is 6.29 Å². The Labute approximate surface area is 76.8 Å². The van der Waals surface area contributed by atoms with Crippen LogP contribution in [-0.4, -0.2) is 32.3 Å². The number of nitrogens with one attached hydrogen (secondary N) is 2. The molecule has 2 N–H and O–H groups in total. The van der Waals surface area contributed by atoms with E-state index in [0.29, 0.717) is 12.4 Å². The second-order valence-electron chi connectivity index (χ2n) is 1.90. The fourth-order valence-corrected chi connectivity index (χ4v) is 0.712. The third-order valence-corrected chi connectivity index (χ3v) is 1.23. The quantitative estimate of drug-likeness (QED) is 0.273. The lowest BCUT2D eigenvalue weighted by Gasteiger charge is -2.11. The summed E-state index contributed by atoms with van der Waals surface area (Å²) in [5.41, 5.74) is 0. The summed E-state index contributed by atoms with van der Waals surface area (Å²) in [6.07, 6.45) is -0.312. The molecule has 0 aliphatic heterocycles. The minimum absolute atomic E-state index is 0.235. The highest BCUT2D eigenvalue weighted by Gasteiger charge is 2.01. The molecule has 0 aromatic carbocycles. The first-order chi connectivity index (χ1) is 5.85. The number of alkyl halides is 1. The summed E-state index contributed by atoms with van der Waals surface area (Å²) in [6.45, 7) is 0.864. The summed E-state index contributed by atoms with van der Waals surface area (Å²) in [5.74, 6) is 0.504. The number of rotatable bonds is 6. The summed E-state index contributed by atoms with van der Waals surface area (Å²) in [5, 5.41) is 21.4. The molecule has 6 heteroatoms. The van der Waals surface area contributed by atoms with E-state index in [1.807, 2.05) is 6.07 Å². The average molecular weight is 190 g/mol. The molecule has 0 aliphatic rings. The molecule has 1 unspecified atom stereocenters. The van der Waals surface area contributed by atoms with Crippen molar-refractivity contribution in [3.63, 3.8) is 0 Å². The van der Waals surface area contributed by atoms with Gasteiger partial charge < -0.3 is 0 Å². The van der Waals surface area contributed by atoms with E-state index in [9.17, 15) is 0 Å². The molecule has 0 amide bonds. The summed E-state index contributed by atoms with van der Waals surface area (Å²) < 4.78 is 0. The highest BCUT2D eigenvalue weighted by molar-refractivity contribution is 6.18. The van der Waals surface area contributed by atoms with Crippen molar-refractivity contribution in [1.29, 1.82) is 5.26 Å². The lowest BCUT2D eigenvalue weighted by Crippen LogP contribution is -2.41. The zero-order valence-corrected chi connectivity index (χ0v) is 7.67. The van der Waals surface area contributed by atoms with Crippen LogP contribution in [0.1, 0.15) is 0 Å². The molecule has 0 saturated carbocycles. The number of halogens is 1. The van der Waals surface area contributed by atoms with Crippen molar-refractivity contribution in [2.24, 2.45) is 10.2 Å². The third kappa shape index (κ3) is 6.04. The molecule has 5 nitrogen and oxygen atoms in total. The smallest absolute Gasteiger partial charge is 0.174 e. The molecule has 1 atom stereocenters. The van der Waals surface area contributed by atoms with E-state index in [4.69, 9.17) is 16.9 Å². The fourth-order valence-electron chi connectivity index (χ4n) is 0.603. The normalized spacial score (nSPS) is 13.1. The van der Waals surface area contributed by atoms with Crippen molar-refractivity contribution in [1.82, 2.24) is 10.6 Å². The molecular formula is C6H12ClN5. The molecule has 0 saturated heterocycles. The maximum Gasteiger partial charge on any atom is 0.174 e. The predicted molar refractivity (Wildman–Crippen MR) is 46.9 cm³/mol. The first kappa shape index (κ1) is 11.3. The van der Waals surface area contributed by atoms with Gasteiger partial charge in [0, 0.05) is 19.5 Å². The van der Waals surface area contributed by atoms with Gasteiger partial charge in [0.1, 0.15) is 0 Å². The van der Waals surface area contributed by atoms with Crippen molar-refractivity contribution < 1.29 is 0 Å². The Kier molecular flexibility index (Phi) is 7.91. The zero-order valence-electron chi connectivity index (χ0n) is 6.92. The molecule has 12 heavy (non-hydrogen) atoms. The van der Waals surface area contributed by atoms with Crippen LogP contribution in [-0.2, 0) is 0 Å². The SMILES string of the molecule is CN=NC(NCC#N)NCCCl. The lowest BCUT2D eigenvalue weighted by atomic mass is 10.6. The Bertz CT molecular complexity index is 164. The lowest BCUT2D eigenvalue weighted by molar-refractivity contribution is 0.453. The number of nitrogens with zero attached hydrogens (tertiary/aromatic N) is 3. The molecule has 0 aromatic heterocycles. The van der Waals surface area contributed by atoms with Crippen LogP contribution in [0.5, 0.6) is 0 Å². The van der Waals surface area contributed by atoms with Crippen LogP contribution in [0.3, 0.4) is 0 Å². The Balaban J connectivity index is 3.63. The van der Waals surface area contributed by atoms with Gasteiger partial charge in [0.25, 0.3) is 0 Å². The average Bonchev–Trinajstić information content (AvgIpc) is 2.10. The van der Waals surface area contributed by atoms with Gasteiger partial charge in [-0.3, -0.25) is 10.6 Å². The zero-order chi connectivity index (χ0) is 9.23. The Hall–Kier alpha value is -0.700. The minimum Gasteiger partial charge on any atom is -0.281 e. The molecule has 0 aromatic rings. The van der Waals surface area contributed by atoms with Gasteiger partial charge >= 0.3 is 0 Å². The van der Waals surface area contributed by atoms with E-state index in [2.05, 4.69) is 20.9 Å². The summed E-state index contributed by atoms with van der Waals surface area (Å²) >= 11 is 5.45. The van der Waals surface area contributed by atoms with E-state index in [0.717, 1.165) is 0 Å². The first-order valence-electron chi connectivity index (χ1n) is 3.53. The summed E-state index contributed by atoms with van der Waals surface area (Å²) in [6, 6.07) is 1.95. The molecule has 0 radical (unpaired) electrons. The van der Waals surface area contributed by atoms with Crippen molar-refractivity contribution in [3.8, 4) is 6.07 Å². The van der Waals surface area contributed by atoms with Crippen LogP contribution >= 0.6 is 11.6 Å². The van der Waals surface area contributed by atoms with Crippen LogP contribution in [0.15, 0.2) is 10.2 Å². The Morgan fingerprint density at radius 2 is 2.33 bits per heavy atom. The number of hydrogen-bond donors (Lipinski definition) is 2. The topological polar surface area (TPSA) is 72.6 Å². The number of nitriles is 1. The summed E-state index contributed by atoms with van der Waals surface area (Å²) in [4.78, 5) is 0. The second kappa shape index (κ2) is 8.40. The Morgan fingerprint density at radius 3 is 2.83 bits per heavy atom. The molecule has 0 spiro atoms. The number of azo groups is 1. The highest BCUT2D eigenvalue weighted by atomic mass is 35.5. The van der Waals surface area contributed by atoms with Gasteiger partial charge in [-0.25, -0.2) is 0 Å². The van der Waals surface area contributed by atoms with E-state index in [1.165, 1.54) is 0 Å². The first-order valence-corrected chi connectivity index (χ1v) is 4.07. The Morgan fingerprint density at radius 1 is 1.58 bits per heavy atom. The monoisotopic (exact) mass is 189 g/mol. The summed E-state index contributed by atoms with van der Waals surface area (Å²) in [7, 11) is 1.57. The van der Waals surface area contributed by atoms with E-state index in [1.54, 1.807) is 7.05 Å². The maximum atomic E-state index is 8.27. The van der Waals surface area contributed by atoms with Gasteiger partial charge in [0.2, 0.25) is 0 Å². The van der Waals surface area contributed by atoms with Gasteiger partial charge in [-0.05, 0) is 0 Å². The van der Waals surface area contributed by atoms with Crippen molar-refractivity contribution in [2.75, 3.05) is 26.0 Å². The van der Waals surface area contributed by atoms with Crippen molar-refractivity contribution in [3.05, 3.63) is 0 Å². The fraction of sp³-hybridized carbons (Fsp3) is 0.833. The van der Waals surface area contributed by atoms with E-state index < -0.39 is 0 Å². The van der Waals surface area contributed by atoms with Crippen LogP contribution in [0.2, 0.25) is 0 Å². The molecule has 0 aliphatic carbocycles. The van der Waals surface area contributed by atoms with Crippen LogP contribution in [0, 0.1) is 11.3 Å². The van der Waals surface area contributed by atoms with Crippen LogP contribution in [0.25, 0.3) is 0 Å². The van der Waals surface area contributed by atoms with Crippen LogP contribution < -0.4 is 10.6 Å². The van der Waals surface area contributed by atoms with Gasteiger partial charge in [0.05, 0.1) is 12.6 Å². The standard InChI is InChI=1S/C6H12ClN5/c1-9-12-6(10-4-2-7)11-5-3-8/h6,10-11H,2,4-5H2,1H3. The van der Waals surface area contributed by atoms with E-state index in [-0.39, 0.29) is 12.8 Å². The second-order valence-corrected chi connectivity index (χ2v) is 2.28. The molecule has 68 valence electrons. The highest BCUT2D eigenvalue weighted by Crippen LogP contribution is 1.82. The van der Waals surface area contributed by atoms with Crippen molar-refractivity contribution >= 4 is 11.6 Å². The third-order valence-electron chi connectivity index (χ3n) is 1.04. The van der Waals surface area contributed by atoms with Gasteiger partial charge in [-0.15, -0.1) is 11.6 Å². The minimum atomic E-state index is -0.312. The maximum absolute atomic E-state index is 8.27. The van der Waals surface area contributed by atoms with Gasteiger partial charge in [-0.1, -0.05) is 0 Å². The van der Waals surface area contributed by atoms with Gasteiger partial charge in [0.15, 0.2) is 6.29 Å². The molecule has 0 bridgehead atoms. The largest absolute Gasteiger partial charge is 0.281 e. The molecule has 0 rings (SSSR count). The van der Waals surface area contributed by atoms with Crippen LogP contribution in [0.4, 0.5) is 0 Å². The molecule has 0 fully saturated rings. The van der Waals surface area contributed by atoms with E-state index >= 15 is 0 Å².